The van der Waals surface area contributed by atoms with E-state index in [0.717, 1.165) is 9.13 Å². The number of benzene rings is 2. The van der Waals surface area contributed by atoms with Crippen LogP contribution in [0.15, 0.2) is 36.4 Å². The monoisotopic (exact) mass is 404 g/mol. The van der Waals surface area contributed by atoms with Crippen LogP contribution in [0.3, 0.4) is 0 Å². The van der Waals surface area contributed by atoms with Gasteiger partial charge in [-0.15, -0.1) is 0 Å². The summed E-state index contributed by atoms with van der Waals surface area (Å²) in [6.45, 7) is 0. The van der Waals surface area contributed by atoms with E-state index < -0.39 is 6.10 Å². The van der Waals surface area contributed by atoms with E-state index in [0.29, 0.717) is 22.1 Å². The van der Waals surface area contributed by atoms with E-state index in [1.807, 2.05) is 12.1 Å². The van der Waals surface area contributed by atoms with Gasteiger partial charge in [-0.05, 0) is 52.4 Å². The molecule has 0 spiro atoms. The van der Waals surface area contributed by atoms with Gasteiger partial charge in [-0.25, -0.2) is 0 Å². The third-order valence-corrected chi connectivity index (χ3v) is 4.57. The summed E-state index contributed by atoms with van der Waals surface area (Å²) in [5.74, 6) is 1.25. The molecular formula is C15H14ClIO3. The van der Waals surface area contributed by atoms with Crippen molar-refractivity contribution in [1.29, 1.82) is 0 Å². The Bertz CT molecular complexity index is 616. The SMILES string of the molecule is COc1ccc(C(O)c2ccc(I)c(Cl)c2)c(OC)c1. The second kappa shape index (κ2) is 6.65. The molecular weight excluding hydrogens is 391 g/mol. The zero-order valence-corrected chi connectivity index (χ0v) is 14.0. The average molecular weight is 405 g/mol. The highest BCUT2D eigenvalue weighted by atomic mass is 127. The number of rotatable bonds is 4. The quantitative estimate of drug-likeness (QED) is 0.782. The topological polar surface area (TPSA) is 38.7 Å². The van der Waals surface area contributed by atoms with Gasteiger partial charge in [0, 0.05) is 15.2 Å². The van der Waals surface area contributed by atoms with Crippen LogP contribution in [0, 0.1) is 3.57 Å². The van der Waals surface area contributed by atoms with E-state index in [2.05, 4.69) is 22.6 Å². The van der Waals surface area contributed by atoms with Gasteiger partial charge in [-0.3, -0.25) is 0 Å². The molecule has 0 heterocycles. The van der Waals surface area contributed by atoms with Crippen LogP contribution < -0.4 is 9.47 Å². The number of aliphatic hydroxyl groups is 1. The van der Waals surface area contributed by atoms with E-state index in [1.54, 1.807) is 38.5 Å². The van der Waals surface area contributed by atoms with Gasteiger partial charge >= 0.3 is 0 Å². The molecule has 0 saturated carbocycles. The fraction of sp³-hybridized carbons (Fsp3) is 0.200. The average Bonchev–Trinajstić information content (AvgIpc) is 2.48. The Kier molecular flexibility index (Phi) is 5.12. The molecule has 0 aliphatic carbocycles. The minimum absolute atomic E-state index is 0.575. The Hall–Kier alpha value is -0.980. The van der Waals surface area contributed by atoms with Gasteiger partial charge in [0.1, 0.15) is 17.6 Å². The zero-order valence-electron chi connectivity index (χ0n) is 11.1. The molecule has 2 rings (SSSR count). The molecule has 106 valence electrons. The first-order chi connectivity index (χ1) is 9.56. The van der Waals surface area contributed by atoms with E-state index in [-0.39, 0.29) is 0 Å². The van der Waals surface area contributed by atoms with Gasteiger partial charge in [0.15, 0.2) is 0 Å². The summed E-state index contributed by atoms with van der Waals surface area (Å²) < 4.78 is 11.4. The third kappa shape index (κ3) is 3.19. The van der Waals surface area contributed by atoms with Crippen LogP contribution in [-0.4, -0.2) is 19.3 Å². The smallest absolute Gasteiger partial charge is 0.128 e. The normalized spacial score (nSPS) is 12.1. The van der Waals surface area contributed by atoms with Crippen molar-refractivity contribution in [3.63, 3.8) is 0 Å². The molecule has 0 radical (unpaired) electrons. The first-order valence-corrected chi connectivity index (χ1v) is 7.37. The molecule has 0 aromatic heterocycles. The molecule has 2 aromatic rings. The number of methoxy groups -OCH3 is 2. The van der Waals surface area contributed by atoms with Crippen LogP contribution in [-0.2, 0) is 0 Å². The van der Waals surface area contributed by atoms with Crippen molar-refractivity contribution >= 4 is 34.2 Å². The minimum atomic E-state index is -0.801. The molecule has 0 aliphatic heterocycles. The van der Waals surface area contributed by atoms with E-state index in [4.69, 9.17) is 21.1 Å². The molecule has 1 N–H and O–H groups in total. The molecule has 0 aliphatic rings. The van der Waals surface area contributed by atoms with Crippen molar-refractivity contribution in [2.45, 2.75) is 6.10 Å². The Labute approximate surface area is 136 Å². The summed E-state index contributed by atoms with van der Waals surface area (Å²) in [6, 6.07) is 10.8. The second-order valence-electron chi connectivity index (χ2n) is 4.18. The van der Waals surface area contributed by atoms with E-state index >= 15 is 0 Å². The number of halogens is 2. The highest BCUT2D eigenvalue weighted by molar-refractivity contribution is 14.1. The summed E-state index contributed by atoms with van der Waals surface area (Å²) in [5, 5.41) is 11.1. The van der Waals surface area contributed by atoms with E-state index in [1.165, 1.54) is 0 Å². The lowest BCUT2D eigenvalue weighted by Crippen LogP contribution is -2.03. The fourth-order valence-electron chi connectivity index (χ4n) is 1.91. The lowest BCUT2D eigenvalue weighted by molar-refractivity contribution is 0.214. The van der Waals surface area contributed by atoms with Crippen molar-refractivity contribution in [3.05, 3.63) is 56.1 Å². The van der Waals surface area contributed by atoms with Crippen molar-refractivity contribution < 1.29 is 14.6 Å². The van der Waals surface area contributed by atoms with Crippen LogP contribution in [0.5, 0.6) is 11.5 Å². The second-order valence-corrected chi connectivity index (χ2v) is 5.75. The molecule has 0 bridgehead atoms. The van der Waals surface area contributed by atoms with Crippen molar-refractivity contribution in [2.24, 2.45) is 0 Å². The van der Waals surface area contributed by atoms with Gasteiger partial charge < -0.3 is 14.6 Å². The van der Waals surface area contributed by atoms with Gasteiger partial charge in [0.2, 0.25) is 0 Å². The molecule has 2 aromatic carbocycles. The van der Waals surface area contributed by atoms with Gasteiger partial charge in [-0.2, -0.15) is 0 Å². The number of hydrogen-bond donors (Lipinski definition) is 1. The van der Waals surface area contributed by atoms with Crippen molar-refractivity contribution in [2.75, 3.05) is 14.2 Å². The summed E-state index contributed by atoms with van der Waals surface area (Å²) >= 11 is 8.24. The summed E-state index contributed by atoms with van der Waals surface area (Å²) in [5.41, 5.74) is 1.39. The molecule has 1 unspecified atom stereocenters. The highest BCUT2D eigenvalue weighted by Crippen LogP contribution is 2.34. The number of hydrogen-bond acceptors (Lipinski definition) is 3. The predicted molar refractivity (Wildman–Crippen MR) is 87.8 cm³/mol. The molecule has 20 heavy (non-hydrogen) atoms. The first-order valence-electron chi connectivity index (χ1n) is 5.91. The predicted octanol–water partition coefficient (Wildman–Crippen LogP) is 4.04. The van der Waals surface area contributed by atoms with E-state index in [9.17, 15) is 5.11 Å². The largest absolute Gasteiger partial charge is 0.497 e. The Balaban J connectivity index is 2.41. The number of aliphatic hydroxyl groups excluding tert-OH is 1. The van der Waals surface area contributed by atoms with Crippen molar-refractivity contribution in [1.82, 2.24) is 0 Å². The maximum Gasteiger partial charge on any atom is 0.128 e. The highest BCUT2D eigenvalue weighted by Gasteiger charge is 2.17. The summed E-state index contributed by atoms with van der Waals surface area (Å²) in [6.07, 6.45) is -0.801. The third-order valence-electron chi connectivity index (χ3n) is 2.99. The molecule has 1 atom stereocenters. The van der Waals surface area contributed by atoms with Gasteiger partial charge in [-0.1, -0.05) is 17.7 Å². The Morgan fingerprint density at radius 2 is 1.85 bits per heavy atom. The van der Waals surface area contributed by atoms with Crippen LogP contribution >= 0.6 is 34.2 Å². The molecule has 3 nitrogen and oxygen atoms in total. The summed E-state index contributed by atoms with van der Waals surface area (Å²) in [4.78, 5) is 0. The molecule has 5 heteroatoms. The van der Waals surface area contributed by atoms with Crippen LogP contribution in [0.2, 0.25) is 5.02 Å². The number of ether oxygens (including phenoxy) is 2. The maximum atomic E-state index is 10.5. The Morgan fingerprint density at radius 3 is 2.45 bits per heavy atom. The van der Waals surface area contributed by atoms with Crippen LogP contribution in [0.25, 0.3) is 0 Å². The van der Waals surface area contributed by atoms with Crippen molar-refractivity contribution in [3.8, 4) is 11.5 Å². The van der Waals surface area contributed by atoms with Crippen LogP contribution in [0.1, 0.15) is 17.2 Å². The zero-order chi connectivity index (χ0) is 14.7. The molecule has 0 saturated heterocycles. The summed E-state index contributed by atoms with van der Waals surface area (Å²) in [7, 11) is 3.15. The van der Waals surface area contributed by atoms with Gasteiger partial charge in [0.05, 0.1) is 19.2 Å². The van der Waals surface area contributed by atoms with Crippen LogP contribution in [0.4, 0.5) is 0 Å². The van der Waals surface area contributed by atoms with Gasteiger partial charge in [0.25, 0.3) is 0 Å². The fourth-order valence-corrected chi connectivity index (χ4v) is 2.43. The first kappa shape index (κ1) is 15.4. The molecule has 0 fully saturated rings. The molecule has 0 amide bonds. The Morgan fingerprint density at radius 1 is 1.10 bits per heavy atom. The lowest BCUT2D eigenvalue weighted by atomic mass is 10.0. The minimum Gasteiger partial charge on any atom is -0.497 e. The lowest BCUT2D eigenvalue weighted by Gasteiger charge is -2.16. The maximum absolute atomic E-state index is 10.5. The standard InChI is InChI=1S/C15H14ClIO3/c1-19-10-4-5-11(14(8-10)20-2)15(18)9-3-6-13(17)12(16)7-9/h3-8,15,18H,1-2H3.